The molecule has 1 aromatic carbocycles. The third-order valence-corrected chi connectivity index (χ3v) is 2.98. The molecule has 0 unspecified atom stereocenters. The van der Waals surface area contributed by atoms with Crippen molar-refractivity contribution in [3.8, 4) is 5.75 Å². The number of carbonyl (C=O) groups is 2. The van der Waals surface area contributed by atoms with Gasteiger partial charge in [-0.1, -0.05) is 6.42 Å². The standard InChI is InChI=1S/C13H15FN2O3/c14-10-4-6-11(7-5-10)19-8-12(17)15-16-13(18)9-2-1-3-9/h4-7,9H,1-3,8H2,(H,15,17)(H,16,18). The molecular weight excluding hydrogens is 251 g/mol. The van der Waals surface area contributed by atoms with Crippen molar-refractivity contribution in [2.75, 3.05) is 6.61 Å². The first-order valence-corrected chi connectivity index (χ1v) is 6.12. The highest BCUT2D eigenvalue weighted by molar-refractivity contribution is 5.84. The molecule has 2 N–H and O–H groups in total. The summed E-state index contributed by atoms with van der Waals surface area (Å²) in [7, 11) is 0. The van der Waals surface area contributed by atoms with Crippen LogP contribution in [-0.2, 0) is 9.59 Å². The molecule has 0 spiro atoms. The number of halogens is 1. The number of hydrazine groups is 1. The molecule has 19 heavy (non-hydrogen) atoms. The minimum Gasteiger partial charge on any atom is -0.484 e. The van der Waals surface area contributed by atoms with Crippen molar-refractivity contribution in [2.24, 2.45) is 5.92 Å². The van der Waals surface area contributed by atoms with Crippen LogP contribution in [-0.4, -0.2) is 18.4 Å². The predicted octanol–water partition coefficient (Wildman–Crippen LogP) is 1.15. The summed E-state index contributed by atoms with van der Waals surface area (Å²) >= 11 is 0. The molecule has 0 bridgehead atoms. The Morgan fingerprint density at radius 1 is 1.21 bits per heavy atom. The first-order valence-electron chi connectivity index (χ1n) is 6.12. The molecule has 1 aliphatic carbocycles. The molecule has 1 saturated carbocycles. The van der Waals surface area contributed by atoms with E-state index in [4.69, 9.17) is 4.74 Å². The normalized spacial score (nSPS) is 14.4. The summed E-state index contributed by atoms with van der Waals surface area (Å²) < 4.78 is 17.8. The molecule has 0 saturated heterocycles. The van der Waals surface area contributed by atoms with Crippen LogP contribution in [0.1, 0.15) is 19.3 Å². The van der Waals surface area contributed by atoms with Crippen molar-refractivity contribution in [1.29, 1.82) is 0 Å². The van der Waals surface area contributed by atoms with Gasteiger partial charge in [0.1, 0.15) is 11.6 Å². The van der Waals surface area contributed by atoms with Crippen LogP contribution in [0.4, 0.5) is 4.39 Å². The summed E-state index contributed by atoms with van der Waals surface area (Å²) in [4.78, 5) is 22.8. The van der Waals surface area contributed by atoms with Gasteiger partial charge in [-0.2, -0.15) is 0 Å². The average Bonchev–Trinajstić information content (AvgIpc) is 2.33. The molecule has 2 amide bonds. The Morgan fingerprint density at radius 3 is 2.47 bits per heavy atom. The number of carbonyl (C=O) groups excluding carboxylic acids is 2. The smallest absolute Gasteiger partial charge is 0.276 e. The van der Waals surface area contributed by atoms with E-state index in [-0.39, 0.29) is 24.2 Å². The van der Waals surface area contributed by atoms with Gasteiger partial charge in [-0.25, -0.2) is 4.39 Å². The van der Waals surface area contributed by atoms with Gasteiger partial charge in [0, 0.05) is 5.92 Å². The Labute approximate surface area is 110 Å². The number of hydrogen-bond acceptors (Lipinski definition) is 3. The Balaban J connectivity index is 1.66. The van der Waals surface area contributed by atoms with Crippen LogP contribution in [0.2, 0.25) is 0 Å². The average molecular weight is 266 g/mol. The summed E-state index contributed by atoms with van der Waals surface area (Å²) in [6.45, 7) is -0.240. The van der Waals surface area contributed by atoms with E-state index in [1.54, 1.807) is 0 Å². The van der Waals surface area contributed by atoms with Gasteiger partial charge in [0.15, 0.2) is 6.61 Å². The second-order valence-electron chi connectivity index (χ2n) is 4.41. The van der Waals surface area contributed by atoms with Crippen LogP contribution in [0.5, 0.6) is 5.75 Å². The second-order valence-corrected chi connectivity index (χ2v) is 4.41. The van der Waals surface area contributed by atoms with E-state index in [2.05, 4.69) is 10.9 Å². The molecule has 6 heteroatoms. The predicted molar refractivity (Wildman–Crippen MR) is 65.5 cm³/mol. The van der Waals surface area contributed by atoms with Crippen LogP contribution < -0.4 is 15.6 Å². The SMILES string of the molecule is O=C(COc1ccc(F)cc1)NNC(=O)C1CCC1. The maximum absolute atomic E-state index is 12.6. The molecule has 102 valence electrons. The maximum Gasteiger partial charge on any atom is 0.276 e. The Kier molecular flexibility index (Phi) is 4.33. The molecule has 0 atom stereocenters. The van der Waals surface area contributed by atoms with Crippen LogP contribution in [0, 0.1) is 11.7 Å². The van der Waals surface area contributed by atoms with Crippen molar-refractivity contribution < 1.29 is 18.7 Å². The van der Waals surface area contributed by atoms with Crippen molar-refractivity contribution >= 4 is 11.8 Å². The molecule has 0 aliphatic heterocycles. The molecular formula is C13H15FN2O3. The summed E-state index contributed by atoms with van der Waals surface area (Å²) in [5.41, 5.74) is 4.63. The summed E-state index contributed by atoms with van der Waals surface area (Å²) in [5.74, 6) is -0.594. The van der Waals surface area contributed by atoms with Gasteiger partial charge in [0.2, 0.25) is 5.91 Å². The first kappa shape index (κ1) is 13.3. The van der Waals surface area contributed by atoms with Gasteiger partial charge in [-0.15, -0.1) is 0 Å². The van der Waals surface area contributed by atoms with Gasteiger partial charge >= 0.3 is 0 Å². The Hall–Kier alpha value is -2.11. The zero-order valence-corrected chi connectivity index (χ0v) is 10.3. The topological polar surface area (TPSA) is 67.4 Å². The van der Waals surface area contributed by atoms with E-state index in [0.717, 1.165) is 19.3 Å². The Bertz CT molecular complexity index is 457. The lowest BCUT2D eigenvalue weighted by Gasteiger charge is -2.23. The van der Waals surface area contributed by atoms with Gasteiger partial charge in [0.25, 0.3) is 5.91 Å². The van der Waals surface area contributed by atoms with E-state index >= 15 is 0 Å². The number of benzene rings is 1. The van der Waals surface area contributed by atoms with Crippen LogP contribution in [0.15, 0.2) is 24.3 Å². The highest BCUT2D eigenvalue weighted by Crippen LogP contribution is 2.25. The van der Waals surface area contributed by atoms with Crippen molar-refractivity contribution in [3.05, 3.63) is 30.1 Å². The number of nitrogens with one attached hydrogen (secondary N) is 2. The van der Waals surface area contributed by atoms with Crippen LogP contribution in [0.3, 0.4) is 0 Å². The highest BCUT2D eigenvalue weighted by Gasteiger charge is 2.25. The molecule has 0 heterocycles. The quantitative estimate of drug-likeness (QED) is 0.803. The molecule has 0 radical (unpaired) electrons. The Morgan fingerprint density at radius 2 is 1.89 bits per heavy atom. The first-order chi connectivity index (χ1) is 9.15. The van der Waals surface area contributed by atoms with E-state index in [9.17, 15) is 14.0 Å². The maximum atomic E-state index is 12.6. The van der Waals surface area contributed by atoms with E-state index in [1.807, 2.05) is 0 Å². The van der Waals surface area contributed by atoms with Crippen molar-refractivity contribution in [2.45, 2.75) is 19.3 Å². The fraction of sp³-hybridized carbons (Fsp3) is 0.385. The third-order valence-electron chi connectivity index (χ3n) is 2.98. The third kappa shape index (κ3) is 3.94. The fourth-order valence-electron chi connectivity index (χ4n) is 1.62. The minimum atomic E-state index is -0.461. The van der Waals surface area contributed by atoms with Gasteiger partial charge in [0.05, 0.1) is 0 Å². The minimum absolute atomic E-state index is 0.0123. The number of ether oxygens (including phenoxy) is 1. The molecule has 1 fully saturated rings. The second kappa shape index (κ2) is 6.17. The lowest BCUT2D eigenvalue weighted by molar-refractivity contribution is -0.133. The highest BCUT2D eigenvalue weighted by atomic mass is 19.1. The van der Waals surface area contributed by atoms with Gasteiger partial charge in [-0.3, -0.25) is 20.4 Å². The summed E-state index contributed by atoms with van der Waals surface area (Å²) in [6.07, 6.45) is 2.79. The molecule has 2 rings (SSSR count). The lowest BCUT2D eigenvalue weighted by Crippen LogP contribution is -2.47. The van der Waals surface area contributed by atoms with Crippen LogP contribution >= 0.6 is 0 Å². The van der Waals surface area contributed by atoms with Gasteiger partial charge in [-0.05, 0) is 37.1 Å². The lowest BCUT2D eigenvalue weighted by atomic mass is 9.85. The van der Waals surface area contributed by atoms with Crippen LogP contribution in [0.25, 0.3) is 0 Å². The van der Waals surface area contributed by atoms with E-state index < -0.39 is 5.91 Å². The van der Waals surface area contributed by atoms with Crippen molar-refractivity contribution in [3.63, 3.8) is 0 Å². The summed E-state index contributed by atoms with van der Waals surface area (Å²) in [5, 5.41) is 0. The monoisotopic (exact) mass is 266 g/mol. The van der Waals surface area contributed by atoms with Gasteiger partial charge < -0.3 is 4.74 Å². The zero-order valence-electron chi connectivity index (χ0n) is 10.3. The molecule has 1 aromatic rings. The van der Waals surface area contributed by atoms with E-state index in [1.165, 1.54) is 24.3 Å². The van der Waals surface area contributed by atoms with Crippen molar-refractivity contribution in [1.82, 2.24) is 10.9 Å². The van der Waals surface area contributed by atoms with E-state index in [0.29, 0.717) is 5.75 Å². The largest absolute Gasteiger partial charge is 0.484 e. The molecule has 1 aliphatic rings. The molecule has 5 nitrogen and oxygen atoms in total. The molecule has 0 aromatic heterocycles. The number of amides is 2. The number of rotatable bonds is 4. The number of hydrogen-bond donors (Lipinski definition) is 2. The zero-order chi connectivity index (χ0) is 13.7. The fourth-order valence-corrected chi connectivity index (χ4v) is 1.62. The summed E-state index contributed by atoms with van der Waals surface area (Å²) in [6, 6.07) is 5.34.